The van der Waals surface area contributed by atoms with Crippen LogP contribution < -0.4 is 0 Å². The van der Waals surface area contributed by atoms with E-state index < -0.39 is 0 Å². The van der Waals surface area contributed by atoms with Crippen LogP contribution in [-0.4, -0.2) is 22.8 Å². The topological polar surface area (TPSA) is 15.4 Å². The third kappa shape index (κ3) is 2.32. The molecule has 2 fully saturated rings. The van der Waals surface area contributed by atoms with Crippen LogP contribution in [0.25, 0.3) is 0 Å². The van der Waals surface area contributed by atoms with Crippen LogP contribution in [0.15, 0.2) is 65.7 Å². The highest BCUT2D eigenvalue weighted by Crippen LogP contribution is 2.53. The molecule has 3 aliphatic rings. The van der Waals surface area contributed by atoms with Crippen LogP contribution in [-0.2, 0) is 0 Å². The second kappa shape index (κ2) is 5.86. The van der Waals surface area contributed by atoms with E-state index in [2.05, 4.69) is 65.6 Å². The Bertz CT molecular complexity index is 731. The molecule has 2 nitrogen and oxygen atoms in total. The molecule has 1 aliphatic carbocycles. The number of benzene rings is 2. The van der Waals surface area contributed by atoms with E-state index in [-0.39, 0.29) is 0 Å². The molecule has 5 rings (SSSR count). The molecule has 1 saturated heterocycles. The van der Waals surface area contributed by atoms with Crippen LogP contribution >= 0.6 is 0 Å². The summed E-state index contributed by atoms with van der Waals surface area (Å²) < 4.78 is 0. The monoisotopic (exact) mass is 316 g/mol. The summed E-state index contributed by atoms with van der Waals surface area (Å²) in [4.78, 5) is 7.91. The van der Waals surface area contributed by atoms with Crippen molar-refractivity contribution in [2.45, 2.75) is 50.4 Å². The van der Waals surface area contributed by atoms with Crippen LogP contribution in [0.2, 0.25) is 0 Å². The van der Waals surface area contributed by atoms with Gasteiger partial charge in [0.2, 0.25) is 0 Å². The summed E-state index contributed by atoms with van der Waals surface area (Å²) in [5.74, 6) is 0.746. The lowest BCUT2D eigenvalue weighted by Crippen LogP contribution is -2.27. The molecule has 0 bridgehead atoms. The molecule has 0 aromatic heterocycles. The molecule has 122 valence electrons. The standard InChI is InChI=1S/C22H24N2/c1-4-10-16(11-5-1)19-21-20(17-12-6-2-7-13-17)24(21)22(23-19)18-14-8-3-9-15-18/h1-2,4-7,10-13,18,20-22H,3,8-9,14-15H2/t20-,21+,22+,24?/m1/s1. The van der Waals surface area contributed by atoms with E-state index in [1.54, 1.807) is 0 Å². The lowest BCUT2D eigenvalue weighted by Gasteiger charge is -2.28. The van der Waals surface area contributed by atoms with Gasteiger partial charge in [0, 0.05) is 0 Å². The van der Waals surface area contributed by atoms with Crippen molar-refractivity contribution >= 4 is 5.71 Å². The van der Waals surface area contributed by atoms with Gasteiger partial charge in [0.15, 0.2) is 0 Å². The highest BCUT2D eigenvalue weighted by Gasteiger charge is 2.60. The van der Waals surface area contributed by atoms with Crippen molar-refractivity contribution in [2.75, 3.05) is 0 Å². The number of aliphatic imine (C=N–C) groups is 1. The average Bonchev–Trinajstić information content (AvgIpc) is 3.28. The molecule has 2 aliphatic heterocycles. The van der Waals surface area contributed by atoms with Gasteiger partial charge >= 0.3 is 0 Å². The molecular formula is C22H24N2. The number of fused-ring (bicyclic) bond motifs is 1. The summed E-state index contributed by atoms with van der Waals surface area (Å²) >= 11 is 0. The maximum atomic E-state index is 5.23. The Hall–Kier alpha value is -1.93. The Morgan fingerprint density at radius 2 is 1.42 bits per heavy atom. The first-order chi connectivity index (χ1) is 11.9. The third-order valence-corrected chi connectivity index (χ3v) is 5.99. The second-order valence-corrected chi connectivity index (χ2v) is 7.44. The van der Waals surface area contributed by atoms with Crippen molar-refractivity contribution in [1.29, 1.82) is 0 Å². The minimum atomic E-state index is 0.399. The summed E-state index contributed by atoms with van der Waals surface area (Å²) in [6.07, 6.45) is 7.26. The van der Waals surface area contributed by atoms with Gasteiger partial charge in [-0.3, -0.25) is 9.89 Å². The molecule has 0 radical (unpaired) electrons. The van der Waals surface area contributed by atoms with Crippen molar-refractivity contribution in [1.82, 2.24) is 4.90 Å². The molecule has 4 atom stereocenters. The van der Waals surface area contributed by atoms with E-state index in [1.165, 1.54) is 48.9 Å². The van der Waals surface area contributed by atoms with Crippen molar-refractivity contribution in [3.63, 3.8) is 0 Å². The highest BCUT2D eigenvalue weighted by molar-refractivity contribution is 6.08. The van der Waals surface area contributed by atoms with Crippen molar-refractivity contribution in [2.24, 2.45) is 10.9 Å². The summed E-state index contributed by atoms with van der Waals surface area (Å²) in [6, 6.07) is 22.8. The van der Waals surface area contributed by atoms with E-state index in [0.29, 0.717) is 18.2 Å². The van der Waals surface area contributed by atoms with Crippen LogP contribution in [0.3, 0.4) is 0 Å². The number of hydrogen-bond donors (Lipinski definition) is 0. The zero-order valence-electron chi connectivity index (χ0n) is 14.0. The predicted molar refractivity (Wildman–Crippen MR) is 98.2 cm³/mol. The minimum Gasteiger partial charge on any atom is -0.268 e. The van der Waals surface area contributed by atoms with Crippen molar-refractivity contribution in [3.8, 4) is 0 Å². The lowest BCUT2D eigenvalue weighted by atomic mass is 9.87. The quantitative estimate of drug-likeness (QED) is 0.741. The van der Waals surface area contributed by atoms with E-state index in [4.69, 9.17) is 4.99 Å². The first-order valence-electron chi connectivity index (χ1n) is 9.39. The van der Waals surface area contributed by atoms with Crippen LogP contribution in [0.5, 0.6) is 0 Å². The van der Waals surface area contributed by atoms with E-state index >= 15 is 0 Å². The third-order valence-electron chi connectivity index (χ3n) is 5.99. The molecule has 2 heterocycles. The van der Waals surface area contributed by atoms with Crippen LogP contribution in [0, 0.1) is 5.92 Å². The van der Waals surface area contributed by atoms with Gasteiger partial charge in [-0.2, -0.15) is 0 Å². The maximum absolute atomic E-state index is 5.23. The molecule has 2 aromatic carbocycles. The molecule has 2 aromatic rings. The van der Waals surface area contributed by atoms with Gasteiger partial charge in [0.05, 0.1) is 17.8 Å². The maximum Gasteiger partial charge on any atom is 0.106 e. The largest absolute Gasteiger partial charge is 0.268 e. The summed E-state index contributed by atoms with van der Waals surface area (Å²) in [6.45, 7) is 0. The van der Waals surface area contributed by atoms with E-state index in [9.17, 15) is 0 Å². The van der Waals surface area contributed by atoms with Crippen molar-refractivity contribution < 1.29 is 0 Å². The van der Waals surface area contributed by atoms with Gasteiger partial charge in [0.1, 0.15) is 6.17 Å². The molecule has 0 amide bonds. The van der Waals surface area contributed by atoms with Gasteiger partial charge in [-0.05, 0) is 29.9 Å². The van der Waals surface area contributed by atoms with Crippen LogP contribution in [0.4, 0.5) is 0 Å². The highest BCUT2D eigenvalue weighted by atomic mass is 15.5. The Labute approximate surface area is 144 Å². The molecule has 0 N–H and O–H groups in total. The van der Waals surface area contributed by atoms with Gasteiger partial charge in [-0.1, -0.05) is 79.9 Å². The van der Waals surface area contributed by atoms with Gasteiger partial charge in [-0.25, -0.2) is 0 Å². The molecule has 2 heteroatoms. The fourth-order valence-corrected chi connectivity index (χ4v) is 4.79. The summed E-state index contributed by atoms with van der Waals surface area (Å²) in [5, 5.41) is 0. The Morgan fingerprint density at radius 1 is 0.750 bits per heavy atom. The minimum absolute atomic E-state index is 0.399. The van der Waals surface area contributed by atoms with Gasteiger partial charge in [0.25, 0.3) is 0 Å². The predicted octanol–water partition coefficient (Wildman–Crippen LogP) is 4.82. The second-order valence-electron chi connectivity index (χ2n) is 7.44. The average molecular weight is 316 g/mol. The number of nitrogens with zero attached hydrogens (tertiary/aromatic N) is 2. The normalized spacial score (nSPS) is 32.2. The Kier molecular flexibility index (Phi) is 3.52. The van der Waals surface area contributed by atoms with Gasteiger partial charge < -0.3 is 0 Å². The SMILES string of the molecule is c1ccc(C2=N[C@H](C3CCCCC3)N3[C@H](c4ccccc4)[C@H]23)cc1. The van der Waals surface area contributed by atoms with Crippen molar-refractivity contribution in [3.05, 3.63) is 71.8 Å². The van der Waals surface area contributed by atoms with E-state index in [1.807, 2.05) is 0 Å². The Balaban J connectivity index is 1.50. The summed E-state index contributed by atoms with van der Waals surface area (Å²) in [7, 11) is 0. The van der Waals surface area contributed by atoms with E-state index in [0.717, 1.165) is 5.92 Å². The fraction of sp³-hybridized carbons (Fsp3) is 0.409. The molecule has 0 spiro atoms. The first-order valence-corrected chi connectivity index (χ1v) is 9.39. The fourth-order valence-electron chi connectivity index (χ4n) is 4.79. The number of hydrogen-bond acceptors (Lipinski definition) is 2. The van der Waals surface area contributed by atoms with Gasteiger partial charge in [-0.15, -0.1) is 0 Å². The zero-order chi connectivity index (χ0) is 15.9. The smallest absolute Gasteiger partial charge is 0.106 e. The van der Waals surface area contributed by atoms with Crippen LogP contribution in [0.1, 0.15) is 49.3 Å². The summed E-state index contributed by atoms with van der Waals surface area (Å²) in [5.41, 5.74) is 4.08. The zero-order valence-corrected chi connectivity index (χ0v) is 14.0. The molecule has 1 saturated carbocycles. The lowest BCUT2D eigenvalue weighted by molar-refractivity contribution is 0.219. The molecule has 24 heavy (non-hydrogen) atoms. The number of rotatable bonds is 3. The first kappa shape index (κ1) is 14.4. The molecular weight excluding hydrogens is 292 g/mol. The Morgan fingerprint density at radius 3 is 2.12 bits per heavy atom. The molecule has 1 unspecified atom stereocenters.